The highest BCUT2D eigenvalue weighted by Gasteiger charge is 2.32. The zero-order chi connectivity index (χ0) is 11.3. The smallest absolute Gasteiger partial charge is 0.331 e. The zero-order valence-electron chi connectivity index (χ0n) is 9.39. The first-order valence-corrected chi connectivity index (χ1v) is 5.02. The summed E-state index contributed by atoms with van der Waals surface area (Å²) in [4.78, 5) is 10.9. The molecule has 0 radical (unpaired) electrons. The number of methoxy groups -OCH3 is 2. The lowest BCUT2D eigenvalue weighted by Crippen LogP contribution is -2.46. The van der Waals surface area contributed by atoms with Crippen molar-refractivity contribution in [2.45, 2.75) is 31.7 Å². The van der Waals surface area contributed by atoms with Crippen LogP contribution in [-0.4, -0.2) is 51.7 Å². The minimum atomic E-state index is -0.386. The van der Waals surface area contributed by atoms with Gasteiger partial charge in [-0.3, -0.25) is 0 Å². The molecule has 1 rings (SSSR count). The van der Waals surface area contributed by atoms with E-state index >= 15 is 0 Å². The van der Waals surface area contributed by atoms with Crippen LogP contribution >= 0.6 is 0 Å². The summed E-state index contributed by atoms with van der Waals surface area (Å²) in [6.07, 6.45) is 0.502. The van der Waals surface area contributed by atoms with Gasteiger partial charge in [-0.05, 0) is 13.3 Å². The van der Waals surface area contributed by atoms with Crippen LogP contribution in [0.4, 0.5) is 0 Å². The monoisotopic (exact) mass is 218 g/mol. The van der Waals surface area contributed by atoms with Crippen LogP contribution < -0.4 is 0 Å². The van der Waals surface area contributed by atoms with Gasteiger partial charge in [0.1, 0.15) is 12.7 Å². The van der Waals surface area contributed by atoms with Gasteiger partial charge in [-0.2, -0.15) is 0 Å². The predicted molar refractivity (Wildman–Crippen MR) is 52.6 cm³/mol. The molecule has 0 spiro atoms. The number of carbonyl (C=O) groups excluding carboxylic acids is 1. The van der Waals surface area contributed by atoms with Gasteiger partial charge in [0.05, 0.1) is 19.3 Å². The van der Waals surface area contributed by atoms with Crippen LogP contribution in [0.25, 0.3) is 0 Å². The number of hydrogen-bond donors (Lipinski definition) is 0. The molecule has 5 nitrogen and oxygen atoms in total. The summed E-state index contributed by atoms with van der Waals surface area (Å²) in [5.74, 6) is -0.386. The molecule has 1 saturated heterocycles. The number of carbonyl (C=O) groups is 1. The second-order valence-electron chi connectivity index (χ2n) is 3.49. The van der Waals surface area contributed by atoms with Crippen molar-refractivity contribution in [1.82, 2.24) is 0 Å². The van der Waals surface area contributed by atoms with Gasteiger partial charge < -0.3 is 18.9 Å². The highest BCUT2D eigenvalue weighted by atomic mass is 16.6. The van der Waals surface area contributed by atoms with Crippen LogP contribution in [0, 0.1) is 0 Å². The molecule has 5 heteroatoms. The summed E-state index contributed by atoms with van der Waals surface area (Å²) in [6, 6.07) is 0. The lowest BCUT2D eigenvalue weighted by Gasteiger charge is -2.35. The molecule has 2 unspecified atom stereocenters. The summed E-state index contributed by atoms with van der Waals surface area (Å²) in [5, 5.41) is 0. The SMILES string of the molecule is COC(=O)COC1C(OC)CCO[C@H]1C. The van der Waals surface area contributed by atoms with E-state index < -0.39 is 0 Å². The van der Waals surface area contributed by atoms with Crippen LogP contribution in [0.15, 0.2) is 0 Å². The Labute approximate surface area is 89.6 Å². The topological polar surface area (TPSA) is 54.0 Å². The van der Waals surface area contributed by atoms with Gasteiger partial charge in [0.15, 0.2) is 0 Å². The maximum Gasteiger partial charge on any atom is 0.331 e. The van der Waals surface area contributed by atoms with Crippen molar-refractivity contribution < 1.29 is 23.7 Å². The molecule has 1 aliphatic rings. The summed E-state index contributed by atoms with van der Waals surface area (Å²) in [7, 11) is 2.97. The van der Waals surface area contributed by atoms with Crippen LogP contribution in [0.2, 0.25) is 0 Å². The normalized spacial score (nSPS) is 31.3. The molecular weight excluding hydrogens is 200 g/mol. The lowest BCUT2D eigenvalue weighted by atomic mass is 10.0. The van der Waals surface area contributed by atoms with E-state index in [1.54, 1.807) is 7.11 Å². The maximum atomic E-state index is 10.9. The Hall–Kier alpha value is -0.650. The maximum absolute atomic E-state index is 10.9. The van der Waals surface area contributed by atoms with E-state index in [9.17, 15) is 4.79 Å². The Bertz CT molecular complexity index is 206. The Balaban J connectivity index is 2.43. The summed E-state index contributed by atoms with van der Waals surface area (Å²) < 4.78 is 20.6. The fourth-order valence-corrected chi connectivity index (χ4v) is 1.65. The Morgan fingerprint density at radius 3 is 2.80 bits per heavy atom. The van der Waals surface area contributed by atoms with Gasteiger partial charge in [0.25, 0.3) is 0 Å². The quantitative estimate of drug-likeness (QED) is 0.638. The molecule has 1 aliphatic heterocycles. The zero-order valence-corrected chi connectivity index (χ0v) is 9.39. The Kier molecular flexibility index (Phi) is 5.01. The molecule has 0 bridgehead atoms. The molecule has 0 amide bonds. The molecule has 0 saturated carbocycles. The van der Waals surface area contributed by atoms with Gasteiger partial charge in [0.2, 0.25) is 0 Å². The summed E-state index contributed by atoms with van der Waals surface area (Å²) in [6.45, 7) is 2.51. The fourth-order valence-electron chi connectivity index (χ4n) is 1.65. The molecule has 0 aromatic heterocycles. The fraction of sp³-hybridized carbons (Fsp3) is 0.900. The van der Waals surface area contributed by atoms with E-state index in [0.29, 0.717) is 6.61 Å². The van der Waals surface area contributed by atoms with E-state index in [1.807, 2.05) is 6.92 Å². The molecule has 1 heterocycles. The third kappa shape index (κ3) is 3.44. The van der Waals surface area contributed by atoms with Crippen LogP contribution in [-0.2, 0) is 23.7 Å². The average Bonchev–Trinajstić information content (AvgIpc) is 2.26. The Morgan fingerprint density at radius 1 is 1.47 bits per heavy atom. The molecule has 15 heavy (non-hydrogen) atoms. The van der Waals surface area contributed by atoms with Crippen molar-refractivity contribution in [1.29, 1.82) is 0 Å². The van der Waals surface area contributed by atoms with E-state index in [-0.39, 0.29) is 30.9 Å². The molecule has 0 aliphatic carbocycles. The largest absolute Gasteiger partial charge is 0.467 e. The van der Waals surface area contributed by atoms with E-state index in [0.717, 1.165) is 6.42 Å². The number of ether oxygens (including phenoxy) is 4. The first kappa shape index (κ1) is 12.4. The molecule has 0 N–H and O–H groups in total. The van der Waals surface area contributed by atoms with Gasteiger partial charge in [-0.25, -0.2) is 4.79 Å². The molecular formula is C10H18O5. The van der Waals surface area contributed by atoms with E-state index in [2.05, 4.69) is 4.74 Å². The first-order valence-electron chi connectivity index (χ1n) is 5.02. The second-order valence-corrected chi connectivity index (χ2v) is 3.49. The summed E-state index contributed by atoms with van der Waals surface area (Å²) >= 11 is 0. The summed E-state index contributed by atoms with van der Waals surface area (Å²) in [5.41, 5.74) is 0. The molecule has 1 fully saturated rings. The standard InChI is InChI=1S/C10H18O5/c1-7-10(15-6-9(11)13-3)8(12-2)4-5-14-7/h7-8,10H,4-6H2,1-3H3/t7-,8?,10?/m0/s1. The van der Waals surface area contributed by atoms with Gasteiger partial charge in [-0.1, -0.05) is 0 Å². The van der Waals surface area contributed by atoms with E-state index in [1.165, 1.54) is 7.11 Å². The van der Waals surface area contributed by atoms with Crippen molar-refractivity contribution in [2.75, 3.05) is 27.4 Å². The molecule has 3 atom stereocenters. The van der Waals surface area contributed by atoms with Crippen LogP contribution in [0.5, 0.6) is 0 Å². The van der Waals surface area contributed by atoms with Crippen molar-refractivity contribution in [2.24, 2.45) is 0 Å². The van der Waals surface area contributed by atoms with Gasteiger partial charge >= 0.3 is 5.97 Å². The number of hydrogen-bond acceptors (Lipinski definition) is 5. The van der Waals surface area contributed by atoms with Crippen LogP contribution in [0.1, 0.15) is 13.3 Å². The first-order chi connectivity index (χ1) is 7.19. The highest BCUT2D eigenvalue weighted by molar-refractivity contribution is 5.70. The van der Waals surface area contributed by atoms with Crippen molar-refractivity contribution >= 4 is 5.97 Å². The van der Waals surface area contributed by atoms with E-state index in [4.69, 9.17) is 14.2 Å². The minimum Gasteiger partial charge on any atom is -0.467 e. The highest BCUT2D eigenvalue weighted by Crippen LogP contribution is 2.19. The second kappa shape index (κ2) is 6.05. The minimum absolute atomic E-state index is 0.0154. The van der Waals surface area contributed by atoms with Crippen molar-refractivity contribution in [3.05, 3.63) is 0 Å². The Morgan fingerprint density at radius 2 is 2.20 bits per heavy atom. The molecule has 0 aromatic rings. The van der Waals surface area contributed by atoms with Gasteiger partial charge in [0, 0.05) is 13.7 Å². The third-order valence-electron chi connectivity index (χ3n) is 2.54. The molecule has 0 aromatic carbocycles. The number of esters is 1. The average molecular weight is 218 g/mol. The predicted octanol–water partition coefficient (Wildman–Crippen LogP) is 0.368. The number of rotatable bonds is 4. The van der Waals surface area contributed by atoms with Crippen molar-refractivity contribution in [3.63, 3.8) is 0 Å². The third-order valence-corrected chi connectivity index (χ3v) is 2.54. The van der Waals surface area contributed by atoms with Crippen molar-refractivity contribution in [3.8, 4) is 0 Å². The molecule has 88 valence electrons. The lowest BCUT2D eigenvalue weighted by molar-refractivity contribution is -0.176. The van der Waals surface area contributed by atoms with Gasteiger partial charge in [-0.15, -0.1) is 0 Å². The van der Waals surface area contributed by atoms with Crippen LogP contribution in [0.3, 0.4) is 0 Å².